The Morgan fingerprint density at radius 2 is 1.40 bits per heavy atom. The maximum Gasteiger partial charge on any atom is 0.137 e. The Morgan fingerprint density at radius 3 is 1.80 bits per heavy atom. The summed E-state index contributed by atoms with van der Waals surface area (Å²) >= 11 is 0. The molecule has 0 spiro atoms. The van der Waals surface area contributed by atoms with Gasteiger partial charge in [0.15, 0.2) is 0 Å². The molecule has 0 N–H and O–H groups in total. The van der Waals surface area contributed by atoms with Crippen LogP contribution in [0, 0.1) is 0 Å². The van der Waals surface area contributed by atoms with Gasteiger partial charge in [0.2, 0.25) is 0 Å². The Hall–Kier alpha value is -1.58. The molecule has 0 saturated carbocycles. The van der Waals surface area contributed by atoms with E-state index in [-0.39, 0.29) is 0 Å². The van der Waals surface area contributed by atoms with Crippen molar-refractivity contribution in [2.24, 2.45) is 0 Å². The van der Waals surface area contributed by atoms with Gasteiger partial charge in [-0.25, -0.2) is 0 Å². The first-order valence-corrected chi connectivity index (χ1v) is 3.01. The van der Waals surface area contributed by atoms with Crippen molar-refractivity contribution in [3.05, 3.63) is 24.3 Å². The van der Waals surface area contributed by atoms with Gasteiger partial charge in [-0.05, 0) is 21.5 Å². The fraction of sp³-hybridized carbons (Fsp3) is 0. The molecule has 1 aromatic carbocycles. The number of hydrogen-bond acceptors (Lipinski definition) is 2. The quantitative estimate of drug-likeness (QED) is 0.437. The van der Waals surface area contributed by atoms with Crippen molar-refractivity contribution in [3.8, 4) is 0 Å². The van der Waals surface area contributed by atoms with E-state index in [2.05, 4.69) is 9.36 Å². The van der Waals surface area contributed by atoms with E-state index in [9.17, 15) is 0 Å². The van der Waals surface area contributed by atoms with E-state index in [4.69, 9.17) is 0 Å². The van der Waals surface area contributed by atoms with Crippen molar-refractivity contribution in [3.63, 3.8) is 0 Å². The van der Waals surface area contributed by atoms with Crippen LogP contribution in [0.2, 0.25) is 0 Å². The average Bonchev–Trinajstić information content (AvgIpc) is 1.90. The molecule has 0 aliphatic carbocycles. The highest BCUT2D eigenvalue weighted by molar-refractivity contribution is 5.76. The average molecular weight is 136 g/mol. The number of rotatable bonds is 0. The van der Waals surface area contributed by atoms with Gasteiger partial charge in [-0.2, -0.15) is 0 Å². The lowest BCUT2D eigenvalue weighted by Gasteiger charge is -2.10. The summed E-state index contributed by atoms with van der Waals surface area (Å²) < 4.78 is 12.4. The summed E-state index contributed by atoms with van der Waals surface area (Å²) in [6.45, 7) is 0. The number of hydrogen-bond donors (Lipinski definition) is 0. The van der Waals surface area contributed by atoms with Crippen molar-refractivity contribution in [1.82, 2.24) is 9.38 Å². The summed E-state index contributed by atoms with van der Waals surface area (Å²) in [5.74, 6) is 0. The second-order valence-electron chi connectivity index (χ2n) is 2.18. The molecule has 2 aromatic heterocycles. The fourth-order valence-electron chi connectivity index (χ4n) is 1.12. The number of aromatic nitrogens is 2. The summed E-state index contributed by atoms with van der Waals surface area (Å²) in [7, 11) is 0. The minimum atomic E-state index is 1.05. The van der Waals surface area contributed by atoms with Crippen LogP contribution < -0.4 is 0 Å². The largest absolute Gasteiger partial charge is 0.145 e. The lowest BCUT2D eigenvalue weighted by atomic mass is 10.3. The van der Waals surface area contributed by atoms with E-state index >= 15 is 0 Å². The molecule has 3 rings (SSSR count). The summed E-state index contributed by atoms with van der Waals surface area (Å²) in [6, 6.07) is 7.85. The molecule has 0 bridgehead atoms. The molecule has 10 heavy (non-hydrogen) atoms. The number of benzene rings is 1. The molecule has 0 fully saturated rings. The zero-order valence-corrected chi connectivity index (χ0v) is 5.02. The molecule has 0 amide bonds. The van der Waals surface area contributed by atoms with Gasteiger partial charge in [0.1, 0.15) is 11.0 Å². The maximum absolute atomic E-state index is 4.62. The molecule has 0 unspecified atom stereocenters. The molecule has 0 saturated heterocycles. The van der Waals surface area contributed by atoms with Crippen LogP contribution in [0.25, 0.3) is 11.0 Å². The number of para-hydroxylation sites is 2. The van der Waals surface area contributed by atoms with Crippen LogP contribution in [0.1, 0.15) is 0 Å². The van der Waals surface area contributed by atoms with Crippen molar-refractivity contribution < 1.29 is 9.36 Å². The van der Waals surface area contributed by atoms with Gasteiger partial charge < -0.3 is 0 Å². The van der Waals surface area contributed by atoms with Gasteiger partial charge in [-0.15, -0.1) is 9.36 Å². The lowest BCUT2D eigenvalue weighted by Crippen LogP contribution is -2.13. The SMILES string of the molecule is c1ccc2c(c1)n1oon21. The zero-order valence-electron chi connectivity index (χ0n) is 5.02. The Kier molecular flexibility index (Phi) is 0.484. The molecule has 0 atom stereocenters. The smallest absolute Gasteiger partial charge is 0.137 e. The van der Waals surface area contributed by atoms with Crippen LogP contribution in [0.15, 0.2) is 33.6 Å². The Labute approximate surface area is 55.1 Å². The third-order valence-corrected chi connectivity index (χ3v) is 1.63. The molecule has 0 aliphatic rings. The third kappa shape index (κ3) is 0.270. The second kappa shape index (κ2) is 1.13. The molecule has 4 heteroatoms. The van der Waals surface area contributed by atoms with Crippen LogP contribution in [0.5, 0.6) is 0 Å². The highest BCUT2D eigenvalue weighted by Crippen LogP contribution is 2.17. The molecule has 2 heterocycles. The predicted octanol–water partition coefficient (Wildman–Crippen LogP) is 1.38. The Morgan fingerprint density at radius 1 is 0.900 bits per heavy atom. The molecule has 0 radical (unpaired) electrons. The van der Waals surface area contributed by atoms with Crippen LogP contribution in [-0.2, 0) is 0 Å². The molecule has 0 aliphatic heterocycles. The van der Waals surface area contributed by atoms with Crippen LogP contribution in [0.4, 0.5) is 0 Å². The highest BCUT2D eigenvalue weighted by Gasteiger charge is 2.12. The van der Waals surface area contributed by atoms with Crippen molar-refractivity contribution >= 4 is 11.0 Å². The molecule has 3 aromatic rings. The van der Waals surface area contributed by atoms with Gasteiger partial charge in [0.25, 0.3) is 0 Å². The molecular weight excluding hydrogens is 132 g/mol. The first-order valence-electron chi connectivity index (χ1n) is 3.01. The standard InChI is InChI=1S/C6H4N2O2/c1-2-4-6-5(3-1)7-8(6)10-9-7/h1-4H. The van der Waals surface area contributed by atoms with E-state index in [1.807, 2.05) is 24.3 Å². The maximum atomic E-state index is 4.62. The molecule has 4 nitrogen and oxygen atoms in total. The normalized spacial score (nSPS) is 12.0. The van der Waals surface area contributed by atoms with Crippen molar-refractivity contribution in [2.45, 2.75) is 0 Å². The van der Waals surface area contributed by atoms with Gasteiger partial charge in [-0.3, -0.25) is 0 Å². The van der Waals surface area contributed by atoms with E-state index in [1.165, 1.54) is 0 Å². The Bertz CT molecular complexity index is 423. The van der Waals surface area contributed by atoms with E-state index < -0.39 is 0 Å². The summed E-state index contributed by atoms with van der Waals surface area (Å²) in [5.41, 5.74) is 2.10. The van der Waals surface area contributed by atoms with Gasteiger partial charge in [0.05, 0.1) is 0 Å². The fourth-order valence-corrected chi connectivity index (χ4v) is 1.12. The summed E-state index contributed by atoms with van der Waals surface area (Å²) in [5, 5.41) is 0. The Balaban J connectivity index is 2.64. The summed E-state index contributed by atoms with van der Waals surface area (Å²) in [4.78, 5) is 0. The minimum Gasteiger partial charge on any atom is -0.145 e. The number of nitrogens with zero attached hydrogens (tertiary/aromatic N) is 2. The minimum absolute atomic E-state index is 1.05. The van der Waals surface area contributed by atoms with Gasteiger partial charge in [-0.1, -0.05) is 12.1 Å². The van der Waals surface area contributed by atoms with E-state index in [1.54, 1.807) is 9.38 Å². The second-order valence-corrected chi connectivity index (χ2v) is 2.18. The summed E-state index contributed by atoms with van der Waals surface area (Å²) in [6.07, 6.45) is 0. The first-order chi connectivity index (χ1) is 4.97. The molecular formula is C6H4N2O2. The zero-order chi connectivity index (χ0) is 6.55. The van der Waals surface area contributed by atoms with Crippen molar-refractivity contribution in [1.29, 1.82) is 0 Å². The highest BCUT2D eigenvalue weighted by atomic mass is 17.1. The predicted molar refractivity (Wildman–Crippen MR) is 32.9 cm³/mol. The monoisotopic (exact) mass is 136 g/mol. The van der Waals surface area contributed by atoms with Crippen LogP contribution in [0.3, 0.4) is 0 Å². The van der Waals surface area contributed by atoms with E-state index in [0.29, 0.717) is 0 Å². The topological polar surface area (TPSA) is 35.1 Å². The van der Waals surface area contributed by atoms with Gasteiger partial charge in [0, 0.05) is 0 Å². The molecule has 50 valence electrons. The number of fused-ring (bicyclic) bond motifs is 4. The van der Waals surface area contributed by atoms with Crippen LogP contribution >= 0.6 is 0 Å². The van der Waals surface area contributed by atoms with E-state index in [0.717, 1.165) is 11.0 Å². The lowest BCUT2D eigenvalue weighted by molar-refractivity contribution is -0.209. The first kappa shape index (κ1) is 4.27. The third-order valence-electron chi connectivity index (χ3n) is 1.63. The van der Waals surface area contributed by atoms with Crippen molar-refractivity contribution in [2.75, 3.05) is 0 Å². The van der Waals surface area contributed by atoms with Gasteiger partial charge >= 0.3 is 0 Å². The van der Waals surface area contributed by atoms with Crippen LogP contribution in [-0.4, -0.2) is 9.38 Å².